The molecule has 0 bridgehead atoms. The van der Waals surface area contributed by atoms with Gasteiger partial charge < -0.3 is 9.73 Å². The molecule has 1 amide bonds. The number of nitrogens with zero attached hydrogens (tertiary/aromatic N) is 2. The molecule has 0 spiro atoms. The third-order valence-electron chi connectivity index (χ3n) is 5.19. The van der Waals surface area contributed by atoms with Crippen molar-refractivity contribution in [2.75, 3.05) is 5.32 Å². The Bertz CT molecular complexity index is 1410. The molecule has 1 N–H and O–H groups in total. The first-order chi connectivity index (χ1) is 14.3. The molecule has 7 heteroatoms. The maximum Gasteiger partial charge on any atom is 0.295 e. The lowest BCUT2D eigenvalue weighted by molar-refractivity contribution is 0.0997. The Morgan fingerprint density at radius 3 is 2.40 bits per heavy atom. The van der Waals surface area contributed by atoms with Gasteiger partial charge in [-0.2, -0.15) is 0 Å². The number of fused-ring (bicyclic) bond motifs is 1. The molecule has 0 fully saturated rings. The molecule has 0 aliphatic rings. The van der Waals surface area contributed by atoms with Gasteiger partial charge in [-0.1, -0.05) is 24.3 Å². The number of rotatable bonds is 3. The average Bonchev–Trinajstić information content (AvgIpc) is 2.91. The molecule has 30 heavy (non-hydrogen) atoms. The molecule has 0 aliphatic carbocycles. The van der Waals surface area contributed by atoms with E-state index in [4.69, 9.17) is 4.42 Å². The number of para-hydroxylation sites is 1. The second-order valence-corrected chi connectivity index (χ2v) is 7.32. The summed E-state index contributed by atoms with van der Waals surface area (Å²) in [4.78, 5) is 38.4. The molecule has 2 aromatic heterocycles. The monoisotopic (exact) mass is 403 g/mol. The zero-order chi connectivity index (χ0) is 21.6. The summed E-state index contributed by atoms with van der Waals surface area (Å²) in [7, 11) is 1.74. The highest BCUT2D eigenvalue weighted by Gasteiger charge is 2.21. The fraction of sp³-hybridized carbons (Fsp3) is 0.174. The fourth-order valence-electron chi connectivity index (χ4n) is 3.66. The summed E-state index contributed by atoms with van der Waals surface area (Å²) in [6, 6.07) is 13.9. The average molecular weight is 403 g/mol. The van der Waals surface area contributed by atoms with Crippen LogP contribution in [0.4, 0.5) is 5.69 Å². The van der Waals surface area contributed by atoms with Gasteiger partial charge in [-0.15, -0.1) is 0 Å². The first-order valence-electron chi connectivity index (χ1n) is 9.48. The lowest BCUT2D eigenvalue weighted by Gasteiger charge is -2.07. The van der Waals surface area contributed by atoms with E-state index >= 15 is 0 Å². The normalized spacial score (nSPS) is 11.1. The number of benzene rings is 2. The zero-order valence-electron chi connectivity index (χ0n) is 17.1. The predicted molar refractivity (Wildman–Crippen MR) is 116 cm³/mol. The van der Waals surface area contributed by atoms with Crippen LogP contribution in [0.5, 0.6) is 0 Å². The van der Waals surface area contributed by atoms with Gasteiger partial charge in [-0.25, -0.2) is 4.68 Å². The lowest BCUT2D eigenvalue weighted by Crippen LogP contribution is -2.23. The summed E-state index contributed by atoms with van der Waals surface area (Å²) in [5, 5.41) is 3.07. The first-order valence-corrected chi connectivity index (χ1v) is 9.48. The Kier molecular flexibility index (Phi) is 4.66. The van der Waals surface area contributed by atoms with Crippen LogP contribution in [0, 0.1) is 20.8 Å². The van der Waals surface area contributed by atoms with Crippen molar-refractivity contribution in [3.05, 3.63) is 91.7 Å². The van der Waals surface area contributed by atoms with E-state index in [0.717, 1.165) is 17.2 Å². The van der Waals surface area contributed by atoms with E-state index < -0.39 is 5.91 Å². The highest BCUT2D eigenvalue weighted by Crippen LogP contribution is 2.20. The second-order valence-electron chi connectivity index (χ2n) is 7.32. The first kappa shape index (κ1) is 19.4. The number of hydrogen-bond donors (Lipinski definition) is 1. The number of carbonyl (C=O) groups is 1. The van der Waals surface area contributed by atoms with Crippen molar-refractivity contribution < 1.29 is 9.21 Å². The molecule has 0 unspecified atom stereocenters. The summed E-state index contributed by atoms with van der Waals surface area (Å²) in [5.74, 6) is -0.800. The largest absolute Gasteiger partial charge is 0.451 e. The Balaban J connectivity index is 1.77. The molecule has 152 valence electrons. The Morgan fingerprint density at radius 1 is 1.00 bits per heavy atom. The maximum atomic E-state index is 13.0. The summed E-state index contributed by atoms with van der Waals surface area (Å²) in [5.41, 5.74) is 2.77. The molecule has 4 rings (SSSR count). The highest BCUT2D eigenvalue weighted by atomic mass is 16.3. The third-order valence-corrected chi connectivity index (χ3v) is 5.19. The Morgan fingerprint density at radius 2 is 1.70 bits per heavy atom. The van der Waals surface area contributed by atoms with Gasteiger partial charge in [0.2, 0.25) is 0 Å². The molecule has 2 heterocycles. The molecule has 0 saturated carbocycles. The molecule has 4 aromatic rings. The number of carbonyl (C=O) groups excluding carboxylic acids is 1. The van der Waals surface area contributed by atoms with Crippen molar-refractivity contribution in [3.8, 4) is 5.69 Å². The van der Waals surface area contributed by atoms with Crippen molar-refractivity contribution in [1.82, 2.24) is 9.36 Å². The van der Waals surface area contributed by atoms with E-state index in [9.17, 15) is 14.4 Å². The SMILES string of the molecule is Cc1cc(C)c2c(=O)cc(C(=O)Nc3c(C)n(C)n(-c4ccccc4)c3=O)oc2c1. The van der Waals surface area contributed by atoms with Crippen LogP contribution >= 0.6 is 0 Å². The van der Waals surface area contributed by atoms with Crippen LogP contribution in [0.2, 0.25) is 0 Å². The Hall–Kier alpha value is -3.87. The molecule has 0 atom stereocenters. The molecule has 0 radical (unpaired) electrons. The minimum atomic E-state index is -0.654. The van der Waals surface area contributed by atoms with Crippen LogP contribution < -0.4 is 16.3 Å². The fourth-order valence-corrected chi connectivity index (χ4v) is 3.66. The minimum absolute atomic E-state index is 0.134. The van der Waals surface area contributed by atoms with Crippen LogP contribution in [-0.2, 0) is 7.05 Å². The predicted octanol–water partition coefficient (Wildman–Crippen LogP) is 3.46. The van der Waals surface area contributed by atoms with Crippen molar-refractivity contribution >= 4 is 22.6 Å². The molecule has 2 aromatic carbocycles. The van der Waals surface area contributed by atoms with E-state index in [1.807, 2.05) is 38.1 Å². The van der Waals surface area contributed by atoms with Gasteiger partial charge in [0, 0.05) is 13.1 Å². The second kappa shape index (κ2) is 7.18. The molecular formula is C23H21N3O4. The molecule has 0 saturated heterocycles. The van der Waals surface area contributed by atoms with Gasteiger partial charge in [-0.3, -0.25) is 19.1 Å². The molecule has 0 aliphatic heterocycles. The van der Waals surface area contributed by atoms with Crippen LogP contribution in [0.1, 0.15) is 27.4 Å². The van der Waals surface area contributed by atoms with E-state index in [1.54, 1.807) is 36.9 Å². The van der Waals surface area contributed by atoms with Gasteiger partial charge in [0.25, 0.3) is 11.5 Å². The van der Waals surface area contributed by atoms with E-state index in [2.05, 4.69) is 5.32 Å². The number of aromatic nitrogens is 2. The van der Waals surface area contributed by atoms with Gasteiger partial charge in [0.1, 0.15) is 11.3 Å². The quantitative estimate of drug-likeness (QED) is 0.568. The van der Waals surface area contributed by atoms with Crippen LogP contribution in [-0.4, -0.2) is 15.3 Å². The number of aryl methyl sites for hydroxylation is 2. The molecule has 7 nitrogen and oxygen atoms in total. The zero-order valence-corrected chi connectivity index (χ0v) is 17.1. The van der Waals surface area contributed by atoms with Crippen LogP contribution in [0.3, 0.4) is 0 Å². The minimum Gasteiger partial charge on any atom is -0.451 e. The highest BCUT2D eigenvalue weighted by molar-refractivity contribution is 6.03. The van der Waals surface area contributed by atoms with Crippen molar-refractivity contribution in [1.29, 1.82) is 0 Å². The maximum absolute atomic E-state index is 13.0. The van der Waals surface area contributed by atoms with E-state index in [-0.39, 0.29) is 22.4 Å². The summed E-state index contributed by atoms with van der Waals surface area (Å²) in [6.45, 7) is 5.45. The van der Waals surface area contributed by atoms with Gasteiger partial charge >= 0.3 is 0 Å². The van der Waals surface area contributed by atoms with Crippen LogP contribution in [0.25, 0.3) is 16.7 Å². The lowest BCUT2D eigenvalue weighted by atomic mass is 10.1. The number of nitrogens with one attached hydrogen (secondary N) is 1. The van der Waals surface area contributed by atoms with Gasteiger partial charge in [0.05, 0.1) is 16.8 Å². The number of anilines is 1. The number of hydrogen-bond acceptors (Lipinski definition) is 4. The van der Waals surface area contributed by atoms with Crippen molar-refractivity contribution in [2.24, 2.45) is 7.05 Å². The van der Waals surface area contributed by atoms with Crippen molar-refractivity contribution in [3.63, 3.8) is 0 Å². The summed E-state index contributed by atoms with van der Waals surface area (Å²) in [6.07, 6.45) is 0. The summed E-state index contributed by atoms with van der Waals surface area (Å²) < 4.78 is 8.84. The van der Waals surface area contributed by atoms with Crippen molar-refractivity contribution in [2.45, 2.75) is 20.8 Å². The van der Waals surface area contributed by atoms with Crippen LogP contribution in [0.15, 0.2) is 62.5 Å². The topological polar surface area (TPSA) is 86.2 Å². The van der Waals surface area contributed by atoms with Gasteiger partial charge in [-0.05, 0) is 50.1 Å². The smallest absolute Gasteiger partial charge is 0.295 e. The Labute approximate surface area is 172 Å². The van der Waals surface area contributed by atoms with Gasteiger partial charge in [0.15, 0.2) is 11.2 Å². The standard InChI is InChI=1S/C23H21N3O4/c1-13-10-14(2)20-17(27)12-19(30-18(20)11-13)22(28)24-21-15(3)25(4)26(23(21)29)16-8-6-5-7-9-16/h5-12H,1-4H3,(H,24,28). The summed E-state index contributed by atoms with van der Waals surface area (Å²) >= 11 is 0. The van der Waals surface area contributed by atoms with E-state index in [1.165, 1.54) is 4.68 Å². The van der Waals surface area contributed by atoms with E-state index in [0.29, 0.717) is 22.4 Å². The molecular weight excluding hydrogens is 382 g/mol. The third kappa shape index (κ3) is 3.14. The number of amides is 1.